The van der Waals surface area contributed by atoms with Crippen molar-refractivity contribution >= 4 is 5.82 Å². The maximum Gasteiger partial charge on any atom is 0.215 e. The Bertz CT molecular complexity index is 373. The van der Waals surface area contributed by atoms with Crippen LogP contribution < -0.4 is 15.0 Å². The zero-order valence-electron chi connectivity index (χ0n) is 10.1. The summed E-state index contributed by atoms with van der Waals surface area (Å²) in [4.78, 5) is 6.88. The molecule has 1 aromatic rings. The van der Waals surface area contributed by atoms with Crippen molar-refractivity contribution in [2.75, 3.05) is 37.7 Å². The van der Waals surface area contributed by atoms with Gasteiger partial charge >= 0.3 is 0 Å². The van der Waals surface area contributed by atoms with Crippen LogP contribution in [0.25, 0.3) is 0 Å². The highest BCUT2D eigenvalue weighted by Gasteiger charge is 2.22. The molecule has 0 radical (unpaired) electrons. The number of nitrogens with zero attached hydrogens (tertiary/aromatic N) is 2. The third kappa shape index (κ3) is 2.88. The molecule has 1 aliphatic heterocycles. The molecule has 1 aromatic heterocycles. The van der Waals surface area contributed by atoms with E-state index in [4.69, 9.17) is 4.74 Å². The molecule has 1 aliphatic carbocycles. The van der Waals surface area contributed by atoms with Gasteiger partial charge in [0.05, 0.1) is 6.61 Å². The minimum absolute atomic E-state index is 0.771. The summed E-state index contributed by atoms with van der Waals surface area (Å²) in [5.74, 6) is 2.59. The molecule has 1 N–H and O–H groups in total. The van der Waals surface area contributed by atoms with Gasteiger partial charge in [0.15, 0.2) is 0 Å². The third-order valence-corrected chi connectivity index (χ3v) is 3.31. The molecule has 17 heavy (non-hydrogen) atoms. The standard InChI is InChI=1S/C13H19N3O/c1-2-12(16-8-6-14-7-9-16)15-13(3-1)17-10-11-4-5-11/h1-3,11,14H,4-10H2. The van der Waals surface area contributed by atoms with E-state index in [0.29, 0.717) is 0 Å². The second-order valence-corrected chi connectivity index (χ2v) is 4.83. The van der Waals surface area contributed by atoms with Crippen molar-refractivity contribution in [3.05, 3.63) is 18.2 Å². The first kappa shape index (κ1) is 10.8. The Hall–Kier alpha value is -1.29. The smallest absolute Gasteiger partial charge is 0.215 e. The van der Waals surface area contributed by atoms with Crippen LogP contribution in [0.4, 0.5) is 5.82 Å². The summed E-state index contributed by atoms with van der Waals surface area (Å²) in [5.41, 5.74) is 0. The Morgan fingerprint density at radius 3 is 2.88 bits per heavy atom. The Balaban J connectivity index is 1.64. The first-order valence-corrected chi connectivity index (χ1v) is 6.47. The number of aromatic nitrogens is 1. The summed E-state index contributed by atoms with van der Waals surface area (Å²) in [6.07, 6.45) is 2.63. The Labute approximate surface area is 102 Å². The highest BCUT2D eigenvalue weighted by Crippen LogP contribution is 2.29. The molecular formula is C13H19N3O. The van der Waals surface area contributed by atoms with Gasteiger partial charge in [-0.1, -0.05) is 6.07 Å². The lowest BCUT2D eigenvalue weighted by molar-refractivity contribution is 0.288. The lowest BCUT2D eigenvalue weighted by atomic mass is 10.3. The van der Waals surface area contributed by atoms with E-state index in [1.807, 2.05) is 12.1 Å². The molecule has 1 saturated heterocycles. The molecule has 2 heterocycles. The number of pyridine rings is 1. The Morgan fingerprint density at radius 1 is 1.29 bits per heavy atom. The van der Waals surface area contributed by atoms with Crippen molar-refractivity contribution in [2.24, 2.45) is 5.92 Å². The van der Waals surface area contributed by atoms with Gasteiger partial charge < -0.3 is 15.0 Å². The molecule has 4 nitrogen and oxygen atoms in total. The van der Waals surface area contributed by atoms with E-state index in [-0.39, 0.29) is 0 Å². The number of hydrogen-bond acceptors (Lipinski definition) is 4. The molecular weight excluding hydrogens is 214 g/mol. The van der Waals surface area contributed by atoms with Gasteiger partial charge in [-0.25, -0.2) is 0 Å². The molecule has 0 spiro atoms. The Kier molecular flexibility index (Phi) is 3.14. The molecule has 3 rings (SSSR count). The van der Waals surface area contributed by atoms with Crippen LogP contribution in [-0.2, 0) is 0 Å². The van der Waals surface area contributed by atoms with E-state index in [1.165, 1.54) is 12.8 Å². The van der Waals surface area contributed by atoms with Crippen LogP contribution in [0.2, 0.25) is 0 Å². The van der Waals surface area contributed by atoms with Crippen LogP contribution in [0.15, 0.2) is 18.2 Å². The fourth-order valence-corrected chi connectivity index (χ4v) is 2.04. The second-order valence-electron chi connectivity index (χ2n) is 4.83. The van der Waals surface area contributed by atoms with Gasteiger partial charge in [-0.05, 0) is 24.8 Å². The van der Waals surface area contributed by atoms with Gasteiger partial charge in [0.1, 0.15) is 5.82 Å². The van der Waals surface area contributed by atoms with Crippen LogP contribution in [0, 0.1) is 5.92 Å². The summed E-state index contributed by atoms with van der Waals surface area (Å²) in [6.45, 7) is 4.96. The van der Waals surface area contributed by atoms with Crippen molar-refractivity contribution < 1.29 is 4.74 Å². The Morgan fingerprint density at radius 2 is 2.12 bits per heavy atom. The minimum atomic E-state index is 0.771. The van der Waals surface area contributed by atoms with Crippen LogP contribution in [0.1, 0.15) is 12.8 Å². The largest absolute Gasteiger partial charge is 0.477 e. The van der Waals surface area contributed by atoms with E-state index in [9.17, 15) is 0 Å². The predicted octanol–water partition coefficient (Wildman–Crippen LogP) is 1.28. The van der Waals surface area contributed by atoms with Crippen molar-refractivity contribution in [1.29, 1.82) is 0 Å². The summed E-state index contributed by atoms with van der Waals surface area (Å²) in [7, 11) is 0. The number of anilines is 1. The van der Waals surface area contributed by atoms with E-state index < -0.39 is 0 Å². The highest BCUT2D eigenvalue weighted by atomic mass is 16.5. The SMILES string of the molecule is c1cc(OCC2CC2)nc(N2CCNCC2)c1. The highest BCUT2D eigenvalue weighted by molar-refractivity contribution is 5.41. The quantitative estimate of drug-likeness (QED) is 0.850. The monoisotopic (exact) mass is 233 g/mol. The van der Waals surface area contributed by atoms with E-state index >= 15 is 0 Å². The van der Waals surface area contributed by atoms with Crippen molar-refractivity contribution in [1.82, 2.24) is 10.3 Å². The van der Waals surface area contributed by atoms with E-state index in [0.717, 1.165) is 50.4 Å². The molecule has 92 valence electrons. The molecule has 0 unspecified atom stereocenters. The molecule has 2 fully saturated rings. The molecule has 0 bridgehead atoms. The fraction of sp³-hybridized carbons (Fsp3) is 0.615. The number of piperazine rings is 1. The van der Waals surface area contributed by atoms with Crippen LogP contribution in [-0.4, -0.2) is 37.8 Å². The second kappa shape index (κ2) is 4.92. The summed E-state index contributed by atoms with van der Waals surface area (Å²) < 4.78 is 5.71. The van der Waals surface area contributed by atoms with Gasteiger partial charge in [-0.15, -0.1) is 0 Å². The molecule has 0 amide bonds. The zero-order valence-corrected chi connectivity index (χ0v) is 10.1. The van der Waals surface area contributed by atoms with E-state index in [2.05, 4.69) is 21.3 Å². The molecule has 0 atom stereocenters. The maximum absolute atomic E-state index is 5.71. The molecule has 0 aromatic carbocycles. The van der Waals surface area contributed by atoms with Gasteiger partial charge in [-0.3, -0.25) is 0 Å². The lowest BCUT2D eigenvalue weighted by Gasteiger charge is -2.28. The maximum atomic E-state index is 5.71. The summed E-state index contributed by atoms with van der Waals surface area (Å²) in [6, 6.07) is 6.05. The fourth-order valence-electron chi connectivity index (χ4n) is 2.04. The van der Waals surface area contributed by atoms with Gasteiger partial charge in [0, 0.05) is 32.2 Å². The predicted molar refractivity (Wildman–Crippen MR) is 67.5 cm³/mol. The topological polar surface area (TPSA) is 37.4 Å². The normalized spacial score (nSPS) is 20.4. The first-order valence-electron chi connectivity index (χ1n) is 6.47. The zero-order chi connectivity index (χ0) is 11.5. The molecule has 4 heteroatoms. The van der Waals surface area contributed by atoms with E-state index in [1.54, 1.807) is 0 Å². The van der Waals surface area contributed by atoms with Crippen LogP contribution in [0.3, 0.4) is 0 Å². The molecule has 1 saturated carbocycles. The minimum Gasteiger partial charge on any atom is -0.477 e. The van der Waals surface area contributed by atoms with Gasteiger partial charge in [0.25, 0.3) is 0 Å². The van der Waals surface area contributed by atoms with Crippen molar-refractivity contribution in [3.8, 4) is 5.88 Å². The van der Waals surface area contributed by atoms with Crippen LogP contribution >= 0.6 is 0 Å². The first-order chi connectivity index (χ1) is 8.42. The molecule has 2 aliphatic rings. The number of nitrogens with one attached hydrogen (secondary N) is 1. The van der Waals surface area contributed by atoms with Gasteiger partial charge in [0.2, 0.25) is 5.88 Å². The number of ether oxygens (including phenoxy) is 1. The average Bonchev–Trinajstić information content (AvgIpc) is 3.22. The number of rotatable bonds is 4. The number of hydrogen-bond donors (Lipinski definition) is 1. The summed E-state index contributed by atoms with van der Waals surface area (Å²) >= 11 is 0. The third-order valence-electron chi connectivity index (χ3n) is 3.31. The summed E-state index contributed by atoms with van der Waals surface area (Å²) in [5, 5.41) is 3.35. The van der Waals surface area contributed by atoms with Crippen molar-refractivity contribution in [2.45, 2.75) is 12.8 Å². The average molecular weight is 233 g/mol. The van der Waals surface area contributed by atoms with Gasteiger partial charge in [-0.2, -0.15) is 4.98 Å². The lowest BCUT2D eigenvalue weighted by Crippen LogP contribution is -2.43. The van der Waals surface area contributed by atoms with Crippen LogP contribution in [0.5, 0.6) is 5.88 Å². The van der Waals surface area contributed by atoms with Crippen molar-refractivity contribution in [3.63, 3.8) is 0 Å².